The number of halogens is 1. The summed E-state index contributed by atoms with van der Waals surface area (Å²) in [5.74, 6) is -0.516. The predicted molar refractivity (Wildman–Crippen MR) is 121 cm³/mol. The molecule has 0 aliphatic carbocycles. The van der Waals surface area contributed by atoms with E-state index in [9.17, 15) is 14.0 Å². The first-order valence-corrected chi connectivity index (χ1v) is 10.5. The van der Waals surface area contributed by atoms with Crippen LogP contribution in [0.3, 0.4) is 0 Å². The van der Waals surface area contributed by atoms with Gasteiger partial charge in [-0.1, -0.05) is 36.4 Å². The lowest BCUT2D eigenvalue weighted by Crippen LogP contribution is -2.41. The van der Waals surface area contributed by atoms with Crippen molar-refractivity contribution in [3.63, 3.8) is 0 Å². The van der Waals surface area contributed by atoms with Gasteiger partial charge in [-0.25, -0.2) is 9.18 Å². The van der Waals surface area contributed by atoms with Gasteiger partial charge in [0, 0.05) is 12.0 Å². The number of methoxy groups -OCH3 is 2. The first kappa shape index (κ1) is 22.3. The lowest BCUT2D eigenvalue weighted by Gasteiger charge is -2.22. The monoisotopic (exact) mass is 449 g/mol. The third kappa shape index (κ3) is 4.82. The van der Waals surface area contributed by atoms with Crippen molar-refractivity contribution in [3.8, 4) is 22.6 Å². The fourth-order valence-corrected chi connectivity index (χ4v) is 3.96. The standard InChI is InChI=1S/C26H24FNO5/c1-31-20-7-5-6-19(14-20)17-10-12-18(13-11-17)25(29)28-16-21(15-23(28)26(30)32-2)33-24-9-4-3-8-22(24)27/h3-14,21,23H,15-16H2,1-2H3. The van der Waals surface area contributed by atoms with Crippen molar-refractivity contribution in [3.05, 3.63) is 84.2 Å². The van der Waals surface area contributed by atoms with Crippen LogP contribution < -0.4 is 9.47 Å². The molecule has 2 atom stereocenters. The number of esters is 1. The van der Waals surface area contributed by atoms with Crippen molar-refractivity contribution in [2.24, 2.45) is 0 Å². The third-order valence-corrected chi connectivity index (χ3v) is 5.66. The molecule has 3 aromatic rings. The predicted octanol–water partition coefficient (Wildman–Crippen LogP) is 4.34. The quantitative estimate of drug-likeness (QED) is 0.524. The van der Waals surface area contributed by atoms with E-state index >= 15 is 0 Å². The van der Waals surface area contributed by atoms with Gasteiger partial charge in [0.2, 0.25) is 0 Å². The Labute approximate surface area is 191 Å². The average molecular weight is 449 g/mol. The van der Waals surface area contributed by atoms with Crippen LogP contribution in [0.4, 0.5) is 4.39 Å². The first-order valence-electron chi connectivity index (χ1n) is 10.5. The Bertz CT molecular complexity index is 1150. The fraction of sp³-hybridized carbons (Fsp3) is 0.231. The maximum absolute atomic E-state index is 14.0. The summed E-state index contributed by atoms with van der Waals surface area (Å²) in [6.07, 6.45) is -0.319. The molecular formula is C26H24FNO5. The van der Waals surface area contributed by atoms with Crippen LogP contribution in [0.5, 0.6) is 11.5 Å². The Balaban J connectivity index is 1.53. The van der Waals surface area contributed by atoms with E-state index in [-0.39, 0.29) is 24.6 Å². The van der Waals surface area contributed by atoms with Crippen LogP contribution in [-0.2, 0) is 9.53 Å². The number of carbonyl (C=O) groups excluding carboxylic acids is 2. The topological polar surface area (TPSA) is 65.1 Å². The van der Waals surface area contributed by atoms with Crippen LogP contribution >= 0.6 is 0 Å². The van der Waals surface area contributed by atoms with Crippen LogP contribution in [0.1, 0.15) is 16.8 Å². The lowest BCUT2D eigenvalue weighted by atomic mass is 10.0. The van der Waals surface area contributed by atoms with Crippen molar-refractivity contribution < 1.29 is 28.2 Å². The molecule has 170 valence electrons. The Morgan fingerprint density at radius 2 is 1.70 bits per heavy atom. The molecule has 0 bridgehead atoms. The molecule has 7 heteroatoms. The van der Waals surface area contributed by atoms with Crippen LogP contribution in [-0.4, -0.2) is 49.7 Å². The highest BCUT2D eigenvalue weighted by atomic mass is 19.1. The molecule has 1 saturated heterocycles. The number of nitrogens with zero attached hydrogens (tertiary/aromatic N) is 1. The second-order valence-electron chi connectivity index (χ2n) is 7.71. The summed E-state index contributed by atoms with van der Waals surface area (Å²) in [4.78, 5) is 27.1. The van der Waals surface area contributed by atoms with Gasteiger partial charge in [0.05, 0.1) is 20.8 Å². The zero-order chi connectivity index (χ0) is 23.4. The summed E-state index contributed by atoms with van der Waals surface area (Å²) in [5, 5.41) is 0. The molecule has 0 N–H and O–H groups in total. The minimum absolute atomic E-state index is 0.0862. The van der Waals surface area contributed by atoms with Gasteiger partial charge in [-0.15, -0.1) is 0 Å². The summed E-state index contributed by atoms with van der Waals surface area (Å²) in [6, 6.07) is 20.0. The molecule has 0 aromatic heterocycles. The fourth-order valence-electron chi connectivity index (χ4n) is 3.96. The van der Waals surface area contributed by atoms with Gasteiger partial charge in [0.15, 0.2) is 11.6 Å². The van der Waals surface area contributed by atoms with Gasteiger partial charge in [-0.3, -0.25) is 4.79 Å². The third-order valence-electron chi connectivity index (χ3n) is 5.66. The Morgan fingerprint density at radius 1 is 0.939 bits per heavy atom. The Kier molecular flexibility index (Phi) is 6.58. The van der Waals surface area contributed by atoms with Crippen molar-refractivity contribution in [2.75, 3.05) is 20.8 Å². The molecule has 1 aliphatic rings. The molecule has 2 unspecified atom stereocenters. The van der Waals surface area contributed by atoms with Crippen LogP contribution in [0, 0.1) is 5.82 Å². The molecule has 0 radical (unpaired) electrons. The molecule has 4 rings (SSSR count). The molecule has 1 heterocycles. The van der Waals surface area contributed by atoms with Crippen molar-refractivity contribution in [1.29, 1.82) is 0 Å². The Morgan fingerprint density at radius 3 is 2.39 bits per heavy atom. The number of ether oxygens (including phenoxy) is 3. The van der Waals surface area contributed by atoms with Crippen molar-refractivity contribution >= 4 is 11.9 Å². The van der Waals surface area contributed by atoms with Crippen LogP contribution in [0.15, 0.2) is 72.8 Å². The van der Waals surface area contributed by atoms with E-state index in [1.807, 2.05) is 36.4 Å². The Hall–Kier alpha value is -3.87. The summed E-state index contributed by atoms with van der Waals surface area (Å²) >= 11 is 0. The highest BCUT2D eigenvalue weighted by molar-refractivity contribution is 5.97. The smallest absolute Gasteiger partial charge is 0.328 e. The SMILES string of the molecule is COC(=O)C1CC(Oc2ccccc2F)CN1C(=O)c1ccc(-c2cccc(OC)c2)cc1. The largest absolute Gasteiger partial charge is 0.497 e. The lowest BCUT2D eigenvalue weighted by molar-refractivity contribution is -0.145. The average Bonchev–Trinajstić information content (AvgIpc) is 3.28. The van der Waals surface area contributed by atoms with E-state index in [2.05, 4.69) is 0 Å². The van der Waals surface area contributed by atoms with Crippen molar-refractivity contribution in [2.45, 2.75) is 18.6 Å². The number of rotatable bonds is 6. The van der Waals surface area contributed by atoms with Gasteiger partial charge < -0.3 is 19.1 Å². The molecule has 1 fully saturated rings. The van der Waals surface area contributed by atoms with Gasteiger partial charge in [0.1, 0.15) is 17.9 Å². The molecular weight excluding hydrogens is 425 g/mol. The summed E-state index contributed by atoms with van der Waals surface area (Å²) in [5.41, 5.74) is 2.32. The van der Waals surface area contributed by atoms with Crippen LogP contribution in [0.2, 0.25) is 0 Å². The first-order chi connectivity index (χ1) is 16.0. The number of hydrogen-bond acceptors (Lipinski definition) is 5. The number of amides is 1. The van der Waals surface area contributed by atoms with Gasteiger partial charge in [0.25, 0.3) is 5.91 Å². The number of benzene rings is 3. The van der Waals surface area contributed by atoms with E-state index < -0.39 is 23.9 Å². The normalized spacial score (nSPS) is 17.5. The second kappa shape index (κ2) is 9.73. The highest BCUT2D eigenvalue weighted by Gasteiger charge is 2.42. The number of carbonyl (C=O) groups is 2. The minimum atomic E-state index is -0.808. The molecule has 1 amide bonds. The highest BCUT2D eigenvalue weighted by Crippen LogP contribution is 2.28. The number of likely N-dealkylation sites (tertiary alicyclic amines) is 1. The van der Waals surface area contributed by atoms with Gasteiger partial charge >= 0.3 is 5.97 Å². The molecule has 3 aromatic carbocycles. The maximum atomic E-state index is 14.0. The van der Waals surface area contributed by atoms with E-state index in [1.165, 1.54) is 24.1 Å². The van der Waals surface area contributed by atoms with Crippen molar-refractivity contribution in [1.82, 2.24) is 4.90 Å². The van der Waals surface area contributed by atoms with E-state index in [4.69, 9.17) is 14.2 Å². The zero-order valence-corrected chi connectivity index (χ0v) is 18.4. The summed E-state index contributed by atoms with van der Waals surface area (Å²) in [7, 11) is 2.89. The second-order valence-corrected chi connectivity index (χ2v) is 7.71. The number of hydrogen-bond donors (Lipinski definition) is 0. The molecule has 0 saturated carbocycles. The molecule has 1 aliphatic heterocycles. The number of para-hydroxylation sites is 1. The molecule has 0 spiro atoms. The molecule has 6 nitrogen and oxygen atoms in total. The minimum Gasteiger partial charge on any atom is -0.497 e. The van der Waals surface area contributed by atoms with Crippen LogP contribution in [0.25, 0.3) is 11.1 Å². The maximum Gasteiger partial charge on any atom is 0.328 e. The van der Waals surface area contributed by atoms with E-state index in [1.54, 1.807) is 31.4 Å². The van der Waals surface area contributed by atoms with E-state index in [0.717, 1.165) is 16.9 Å². The zero-order valence-electron chi connectivity index (χ0n) is 18.4. The van der Waals surface area contributed by atoms with Gasteiger partial charge in [-0.2, -0.15) is 0 Å². The van der Waals surface area contributed by atoms with Gasteiger partial charge in [-0.05, 0) is 47.5 Å². The summed E-state index contributed by atoms with van der Waals surface area (Å²) in [6.45, 7) is 0.143. The molecule has 33 heavy (non-hydrogen) atoms. The summed E-state index contributed by atoms with van der Waals surface area (Å²) < 4.78 is 29.9. The van der Waals surface area contributed by atoms with E-state index in [0.29, 0.717) is 5.56 Å².